The second-order valence-corrected chi connectivity index (χ2v) is 5.43. The summed E-state index contributed by atoms with van der Waals surface area (Å²) in [6, 6.07) is 7.87. The third-order valence-electron chi connectivity index (χ3n) is 3.79. The van der Waals surface area contributed by atoms with Gasteiger partial charge < -0.3 is 15.2 Å². The van der Waals surface area contributed by atoms with E-state index in [1.807, 2.05) is 31.2 Å². The number of aryl methyl sites for hydroxylation is 1. The van der Waals surface area contributed by atoms with Gasteiger partial charge in [-0.15, -0.1) is 0 Å². The van der Waals surface area contributed by atoms with Crippen LogP contribution in [0.4, 0.5) is 0 Å². The molecule has 0 spiro atoms. The van der Waals surface area contributed by atoms with E-state index < -0.39 is 6.10 Å². The number of aliphatic hydroxyl groups is 1. The molecule has 0 bridgehead atoms. The van der Waals surface area contributed by atoms with E-state index in [2.05, 4.69) is 26.1 Å². The summed E-state index contributed by atoms with van der Waals surface area (Å²) in [6.45, 7) is 9.42. The van der Waals surface area contributed by atoms with Crippen molar-refractivity contribution in [2.75, 3.05) is 13.2 Å². The lowest BCUT2D eigenvalue weighted by molar-refractivity contribution is 0.0966. The van der Waals surface area contributed by atoms with Gasteiger partial charge in [0.25, 0.3) is 0 Å². The highest BCUT2D eigenvalue weighted by atomic mass is 16.5. The van der Waals surface area contributed by atoms with E-state index in [-0.39, 0.29) is 5.54 Å². The highest BCUT2D eigenvalue weighted by Gasteiger charge is 2.19. The van der Waals surface area contributed by atoms with Crippen LogP contribution >= 0.6 is 0 Å². The number of benzene rings is 1. The molecule has 0 aliphatic heterocycles. The first-order valence-electron chi connectivity index (χ1n) is 7.11. The van der Waals surface area contributed by atoms with Crippen LogP contribution in [0.5, 0.6) is 5.75 Å². The zero-order valence-electron chi connectivity index (χ0n) is 12.6. The van der Waals surface area contributed by atoms with Crippen molar-refractivity contribution in [2.24, 2.45) is 0 Å². The van der Waals surface area contributed by atoms with Crippen LogP contribution in [0.1, 0.15) is 39.2 Å². The summed E-state index contributed by atoms with van der Waals surface area (Å²) >= 11 is 0. The fraction of sp³-hybridized carbons (Fsp3) is 0.625. The van der Waals surface area contributed by atoms with Gasteiger partial charge in [0.2, 0.25) is 0 Å². The van der Waals surface area contributed by atoms with Gasteiger partial charge in [-0.05, 0) is 38.8 Å². The van der Waals surface area contributed by atoms with Gasteiger partial charge in [-0.2, -0.15) is 0 Å². The molecule has 0 radical (unpaired) electrons. The van der Waals surface area contributed by atoms with Crippen LogP contribution in [0.15, 0.2) is 24.3 Å². The summed E-state index contributed by atoms with van der Waals surface area (Å²) in [4.78, 5) is 0. The summed E-state index contributed by atoms with van der Waals surface area (Å²) in [5.41, 5.74) is 1.31. The zero-order chi connectivity index (χ0) is 14.3. The zero-order valence-corrected chi connectivity index (χ0v) is 12.6. The van der Waals surface area contributed by atoms with E-state index in [1.165, 1.54) is 5.56 Å². The lowest BCUT2D eigenvalue weighted by Crippen LogP contribution is -2.46. The summed E-state index contributed by atoms with van der Waals surface area (Å²) in [6.07, 6.45) is 1.61. The molecular weight excluding hydrogens is 238 g/mol. The van der Waals surface area contributed by atoms with E-state index in [1.54, 1.807) is 0 Å². The van der Waals surface area contributed by atoms with Crippen molar-refractivity contribution in [1.82, 2.24) is 5.32 Å². The van der Waals surface area contributed by atoms with Crippen molar-refractivity contribution < 1.29 is 9.84 Å². The van der Waals surface area contributed by atoms with Crippen LogP contribution < -0.4 is 10.1 Å². The molecule has 0 aliphatic rings. The smallest absolute Gasteiger partial charge is 0.119 e. The minimum atomic E-state index is -0.487. The Bertz CT molecular complexity index is 358. The molecular formula is C16H27NO2. The van der Waals surface area contributed by atoms with Crippen molar-refractivity contribution in [3.05, 3.63) is 29.8 Å². The molecule has 0 amide bonds. The molecule has 2 N–H and O–H groups in total. The second-order valence-electron chi connectivity index (χ2n) is 5.43. The molecule has 0 saturated heterocycles. The number of nitrogens with one attached hydrogen (secondary N) is 1. The number of hydrogen-bond acceptors (Lipinski definition) is 3. The van der Waals surface area contributed by atoms with Crippen molar-refractivity contribution in [3.63, 3.8) is 0 Å². The molecule has 0 fully saturated rings. The molecule has 19 heavy (non-hydrogen) atoms. The molecule has 1 aromatic carbocycles. The Morgan fingerprint density at radius 1 is 1.21 bits per heavy atom. The highest BCUT2D eigenvalue weighted by molar-refractivity contribution is 5.26. The number of ether oxygens (including phenoxy) is 1. The van der Waals surface area contributed by atoms with Gasteiger partial charge >= 0.3 is 0 Å². The number of β-amino-alcohol motifs (C(OH)–C–C–N with tert-alkyl or cyclic N) is 1. The predicted octanol–water partition coefficient (Wildman–Crippen LogP) is 2.90. The molecule has 0 aromatic heterocycles. The molecule has 3 heteroatoms. The van der Waals surface area contributed by atoms with Gasteiger partial charge in [-0.1, -0.05) is 31.5 Å². The molecule has 1 unspecified atom stereocenters. The van der Waals surface area contributed by atoms with Crippen LogP contribution in [0.3, 0.4) is 0 Å². The molecule has 1 rings (SSSR count). The number of aliphatic hydroxyl groups excluding tert-OH is 1. The van der Waals surface area contributed by atoms with Gasteiger partial charge in [-0.3, -0.25) is 0 Å². The molecule has 1 atom stereocenters. The quantitative estimate of drug-likeness (QED) is 0.759. The van der Waals surface area contributed by atoms with E-state index in [9.17, 15) is 5.11 Å². The Hall–Kier alpha value is -1.06. The maximum atomic E-state index is 9.93. The topological polar surface area (TPSA) is 41.5 Å². The van der Waals surface area contributed by atoms with Crippen LogP contribution in [-0.4, -0.2) is 29.9 Å². The normalized spacial score (nSPS) is 13.3. The largest absolute Gasteiger partial charge is 0.491 e. The van der Waals surface area contributed by atoms with E-state index in [4.69, 9.17) is 4.74 Å². The Balaban J connectivity index is 2.31. The third-order valence-corrected chi connectivity index (χ3v) is 3.79. The average Bonchev–Trinajstić information content (AvgIpc) is 2.44. The van der Waals surface area contributed by atoms with Gasteiger partial charge in [0.05, 0.1) is 0 Å². The lowest BCUT2D eigenvalue weighted by Gasteiger charge is -2.29. The van der Waals surface area contributed by atoms with Crippen molar-refractivity contribution >= 4 is 0 Å². The molecule has 1 aromatic rings. The van der Waals surface area contributed by atoms with Crippen LogP contribution in [-0.2, 0) is 0 Å². The highest BCUT2D eigenvalue weighted by Crippen LogP contribution is 2.14. The summed E-state index contributed by atoms with van der Waals surface area (Å²) in [5.74, 6) is 0.804. The van der Waals surface area contributed by atoms with Crippen LogP contribution in [0.25, 0.3) is 0 Å². The van der Waals surface area contributed by atoms with Gasteiger partial charge in [0.1, 0.15) is 18.5 Å². The van der Waals surface area contributed by atoms with Crippen molar-refractivity contribution in [2.45, 2.75) is 52.2 Å². The average molecular weight is 265 g/mol. The molecule has 108 valence electrons. The molecule has 0 saturated carbocycles. The minimum Gasteiger partial charge on any atom is -0.491 e. The SMILES string of the molecule is CCC(C)(CC)NCC(O)COc1ccc(C)cc1. The van der Waals surface area contributed by atoms with Gasteiger partial charge in [-0.25, -0.2) is 0 Å². The fourth-order valence-corrected chi connectivity index (χ4v) is 1.75. The first-order valence-corrected chi connectivity index (χ1v) is 7.11. The summed E-state index contributed by atoms with van der Waals surface area (Å²) in [7, 11) is 0. The number of rotatable bonds is 8. The first kappa shape index (κ1) is 16.0. The monoisotopic (exact) mass is 265 g/mol. The Kier molecular flexibility index (Phi) is 6.32. The lowest BCUT2D eigenvalue weighted by atomic mass is 9.95. The van der Waals surface area contributed by atoms with Gasteiger partial charge in [0, 0.05) is 12.1 Å². The summed E-state index contributed by atoms with van der Waals surface area (Å²) < 4.78 is 5.57. The van der Waals surface area contributed by atoms with Crippen LogP contribution in [0.2, 0.25) is 0 Å². The molecule has 0 heterocycles. The maximum absolute atomic E-state index is 9.93. The third kappa shape index (κ3) is 5.62. The molecule has 0 aliphatic carbocycles. The van der Waals surface area contributed by atoms with E-state index >= 15 is 0 Å². The van der Waals surface area contributed by atoms with Crippen molar-refractivity contribution in [1.29, 1.82) is 0 Å². The Labute approximate surface area is 117 Å². The minimum absolute atomic E-state index is 0.102. The van der Waals surface area contributed by atoms with Crippen molar-refractivity contribution in [3.8, 4) is 5.75 Å². The predicted molar refractivity (Wildman–Crippen MR) is 79.7 cm³/mol. The van der Waals surface area contributed by atoms with E-state index in [0.717, 1.165) is 18.6 Å². The van der Waals surface area contributed by atoms with Gasteiger partial charge in [0.15, 0.2) is 0 Å². The summed E-state index contributed by atoms with van der Waals surface area (Å²) in [5, 5.41) is 13.3. The molecule has 3 nitrogen and oxygen atoms in total. The Morgan fingerprint density at radius 2 is 1.79 bits per heavy atom. The fourth-order valence-electron chi connectivity index (χ4n) is 1.75. The van der Waals surface area contributed by atoms with Crippen LogP contribution in [0, 0.1) is 6.92 Å². The second kappa shape index (κ2) is 7.51. The standard InChI is InChI=1S/C16H27NO2/c1-5-16(4,6-2)17-11-14(18)12-19-15-9-7-13(3)8-10-15/h7-10,14,17-18H,5-6,11-12H2,1-4H3. The number of hydrogen-bond donors (Lipinski definition) is 2. The van der Waals surface area contributed by atoms with E-state index in [0.29, 0.717) is 13.2 Å². The first-order chi connectivity index (χ1) is 8.99. The maximum Gasteiger partial charge on any atom is 0.119 e. The Morgan fingerprint density at radius 3 is 2.32 bits per heavy atom.